The molecule has 0 atom stereocenters. The molecule has 15 heavy (non-hydrogen) atoms. The lowest BCUT2D eigenvalue weighted by atomic mass is 10.1. The predicted octanol–water partition coefficient (Wildman–Crippen LogP) is 2.72. The number of hydrogen-bond acceptors (Lipinski definition) is 3. The van der Waals surface area contributed by atoms with Crippen molar-refractivity contribution in [3.8, 4) is 5.75 Å². The van der Waals surface area contributed by atoms with E-state index in [0.29, 0.717) is 0 Å². The van der Waals surface area contributed by atoms with Crippen molar-refractivity contribution in [1.82, 2.24) is 4.98 Å². The molecule has 2 rings (SSSR count). The van der Waals surface area contributed by atoms with Crippen molar-refractivity contribution in [3.63, 3.8) is 0 Å². The summed E-state index contributed by atoms with van der Waals surface area (Å²) in [7, 11) is 1.68. The van der Waals surface area contributed by atoms with Crippen LogP contribution in [0.3, 0.4) is 0 Å². The Kier molecular flexibility index (Phi) is 3.11. The van der Waals surface area contributed by atoms with E-state index in [4.69, 9.17) is 4.74 Å². The quantitative estimate of drug-likeness (QED) is 0.802. The molecule has 0 N–H and O–H groups in total. The van der Waals surface area contributed by atoms with Crippen molar-refractivity contribution >= 4 is 23.4 Å². The Labute approximate surface area is 94.7 Å². The first-order valence-corrected chi connectivity index (χ1v) is 5.51. The van der Waals surface area contributed by atoms with Crippen molar-refractivity contribution in [3.05, 3.63) is 36.2 Å². The van der Waals surface area contributed by atoms with Gasteiger partial charge in [-0.1, -0.05) is 0 Å². The number of aryl methyl sites for hydroxylation is 1. The lowest BCUT2D eigenvalue weighted by Gasteiger charge is -2.05. The van der Waals surface area contributed by atoms with Crippen LogP contribution in [0.4, 0.5) is 0 Å². The highest BCUT2D eigenvalue weighted by molar-refractivity contribution is 7.80. The van der Waals surface area contributed by atoms with E-state index in [0.717, 1.165) is 23.6 Å². The van der Waals surface area contributed by atoms with Crippen molar-refractivity contribution in [1.29, 1.82) is 0 Å². The van der Waals surface area contributed by atoms with Crippen LogP contribution in [0.1, 0.15) is 5.69 Å². The molecule has 0 unspecified atom stereocenters. The van der Waals surface area contributed by atoms with Gasteiger partial charge in [-0.15, -0.1) is 0 Å². The standard InChI is InChI=1S/C12H13NOS/c1-14-10-2-3-11-9(8-10)4-6-13-12(11)5-7-15/h2-4,6,8,15H,5,7H2,1H3. The molecule has 2 aromatic rings. The van der Waals surface area contributed by atoms with Gasteiger partial charge in [-0.25, -0.2) is 0 Å². The lowest BCUT2D eigenvalue weighted by Crippen LogP contribution is -1.93. The van der Waals surface area contributed by atoms with E-state index < -0.39 is 0 Å². The second-order valence-corrected chi connectivity index (χ2v) is 3.77. The number of ether oxygens (including phenoxy) is 1. The van der Waals surface area contributed by atoms with Crippen molar-refractivity contribution in [2.24, 2.45) is 0 Å². The number of rotatable bonds is 3. The summed E-state index contributed by atoms with van der Waals surface area (Å²) >= 11 is 4.23. The number of nitrogens with zero attached hydrogens (tertiary/aromatic N) is 1. The van der Waals surface area contributed by atoms with Crippen LogP contribution in [0.15, 0.2) is 30.5 Å². The average Bonchev–Trinajstić information content (AvgIpc) is 2.29. The smallest absolute Gasteiger partial charge is 0.119 e. The molecule has 1 aromatic carbocycles. The fourth-order valence-corrected chi connectivity index (χ4v) is 1.86. The van der Waals surface area contributed by atoms with Gasteiger partial charge in [0, 0.05) is 17.3 Å². The Morgan fingerprint density at radius 1 is 1.33 bits per heavy atom. The van der Waals surface area contributed by atoms with Crippen molar-refractivity contribution < 1.29 is 4.74 Å². The van der Waals surface area contributed by atoms with Crippen molar-refractivity contribution in [2.45, 2.75) is 6.42 Å². The minimum atomic E-state index is 0.818. The van der Waals surface area contributed by atoms with Gasteiger partial charge in [0.05, 0.1) is 7.11 Å². The molecule has 0 fully saturated rings. The number of pyridine rings is 1. The van der Waals surface area contributed by atoms with Crippen LogP contribution >= 0.6 is 12.6 Å². The van der Waals surface area contributed by atoms with E-state index in [9.17, 15) is 0 Å². The summed E-state index contributed by atoms with van der Waals surface area (Å²) in [5.41, 5.74) is 1.10. The lowest BCUT2D eigenvalue weighted by molar-refractivity contribution is 0.415. The minimum Gasteiger partial charge on any atom is -0.497 e. The maximum Gasteiger partial charge on any atom is 0.119 e. The Morgan fingerprint density at radius 2 is 2.20 bits per heavy atom. The summed E-state index contributed by atoms with van der Waals surface area (Å²) in [6.45, 7) is 0. The Bertz CT molecular complexity index is 470. The minimum absolute atomic E-state index is 0.818. The first-order valence-electron chi connectivity index (χ1n) is 4.87. The first kappa shape index (κ1) is 10.3. The number of fused-ring (bicyclic) bond motifs is 1. The second-order valence-electron chi connectivity index (χ2n) is 3.32. The van der Waals surface area contributed by atoms with Crippen LogP contribution in [-0.4, -0.2) is 17.8 Å². The molecule has 1 heterocycles. The number of aromatic nitrogens is 1. The Balaban J connectivity index is 2.56. The highest BCUT2D eigenvalue weighted by Crippen LogP contribution is 2.22. The third kappa shape index (κ3) is 2.07. The highest BCUT2D eigenvalue weighted by atomic mass is 32.1. The summed E-state index contributed by atoms with van der Waals surface area (Å²) in [5, 5.41) is 2.36. The van der Waals surface area contributed by atoms with Gasteiger partial charge in [0.15, 0.2) is 0 Å². The molecule has 1 aromatic heterocycles. The molecule has 0 saturated heterocycles. The Hall–Kier alpha value is -1.22. The molecule has 0 bridgehead atoms. The summed E-state index contributed by atoms with van der Waals surface area (Å²) in [4.78, 5) is 4.36. The van der Waals surface area contributed by atoms with Crippen LogP contribution in [0, 0.1) is 0 Å². The first-order chi connectivity index (χ1) is 7.35. The fourth-order valence-electron chi connectivity index (χ4n) is 1.65. The van der Waals surface area contributed by atoms with E-state index in [2.05, 4.69) is 23.7 Å². The monoisotopic (exact) mass is 219 g/mol. The third-order valence-electron chi connectivity index (χ3n) is 2.40. The van der Waals surface area contributed by atoms with E-state index in [1.807, 2.05) is 24.4 Å². The molecule has 0 aliphatic rings. The summed E-state index contributed by atoms with van der Waals surface area (Å²) < 4.78 is 5.19. The third-order valence-corrected chi connectivity index (χ3v) is 2.63. The summed E-state index contributed by atoms with van der Waals surface area (Å²) in [6, 6.07) is 8.05. The van der Waals surface area contributed by atoms with Crippen LogP contribution in [0.5, 0.6) is 5.75 Å². The van der Waals surface area contributed by atoms with Crippen LogP contribution < -0.4 is 4.74 Å². The molecule has 0 amide bonds. The van der Waals surface area contributed by atoms with Gasteiger partial charge in [-0.05, 0) is 41.8 Å². The van der Waals surface area contributed by atoms with Gasteiger partial charge in [0.2, 0.25) is 0 Å². The molecule has 3 heteroatoms. The molecule has 0 aliphatic heterocycles. The van der Waals surface area contributed by atoms with E-state index in [1.54, 1.807) is 7.11 Å². The number of benzene rings is 1. The second kappa shape index (κ2) is 4.53. The normalized spacial score (nSPS) is 10.5. The maximum atomic E-state index is 5.19. The molecular weight excluding hydrogens is 206 g/mol. The summed E-state index contributed by atoms with van der Waals surface area (Å²) in [5.74, 6) is 1.70. The zero-order chi connectivity index (χ0) is 10.7. The van der Waals surface area contributed by atoms with Gasteiger partial charge in [-0.3, -0.25) is 4.98 Å². The topological polar surface area (TPSA) is 22.1 Å². The van der Waals surface area contributed by atoms with E-state index in [1.165, 1.54) is 10.8 Å². The molecule has 0 radical (unpaired) electrons. The number of thiol groups is 1. The Morgan fingerprint density at radius 3 is 2.93 bits per heavy atom. The zero-order valence-electron chi connectivity index (χ0n) is 8.60. The fraction of sp³-hybridized carbons (Fsp3) is 0.250. The van der Waals surface area contributed by atoms with E-state index in [-0.39, 0.29) is 0 Å². The number of hydrogen-bond donors (Lipinski definition) is 1. The van der Waals surface area contributed by atoms with Crippen molar-refractivity contribution in [2.75, 3.05) is 12.9 Å². The van der Waals surface area contributed by atoms with Gasteiger partial charge < -0.3 is 4.74 Å². The van der Waals surface area contributed by atoms with Gasteiger partial charge in [0.1, 0.15) is 5.75 Å². The number of methoxy groups -OCH3 is 1. The molecule has 0 spiro atoms. The average molecular weight is 219 g/mol. The molecule has 0 saturated carbocycles. The SMILES string of the molecule is COc1ccc2c(CCS)nccc2c1. The van der Waals surface area contributed by atoms with Crippen LogP contribution in [-0.2, 0) is 6.42 Å². The van der Waals surface area contributed by atoms with Crippen LogP contribution in [0.25, 0.3) is 10.8 Å². The van der Waals surface area contributed by atoms with Gasteiger partial charge in [0.25, 0.3) is 0 Å². The molecular formula is C12H13NOS. The predicted molar refractivity (Wildman–Crippen MR) is 65.9 cm³/mol. The summed E-state index contributed by atoms with van der Waals surface area (Å²) in [6.07, 6.45) is 2.73. The highest BCUT2D eigenvalue weighted by Gasteiger charge is 2.02. The molecule has 0 aliphatic carbocycles. The van der Waals surface area contributed by atoms with Gasteiger partial charge >= 0.3 is 0 Å². The zero-order valence-corrected chi connectivity index (χ0v) is 9.50. The molecule has 78 valence electrons. The van der Waals surface area contributed by atoms with Crippen LogP contribution in [0.2, 0.25) is 0 Å². The van der Waals surface area contributed by atoms with Gasteiger partial charge in [-0.2, -0.15) is 12.6 Å². The largest absolute Gasteiger partial charge is 0.497 e. The maximum absolute atomic E-state index is 5.19. The molecule has 2 nitrogen and oxygen atoms in total. The van der Waals surface area contributed by atoms with E-state index >= 15 is 0 Å².